The molecule has 0 saturated carbocycles. The van der Waals surface area contributed by atoms with Crippen molar-refractivity contribution >= 4 is 23.3 Å². The molecular formula is C17H18N6O2. The van der Waals surface area contributed by atoms with E-state index in [0.717, 1.165) is 0 Å². The van der Waals surface area contributed by atoms with Crippen LogP contribution in [0.15, 0.2) is 55.0 Å². The first kappa shape index (κ1) is 16.3. The number of carbonyl (C=O) groups excluding carboxylic acids is 2. The molecule has 0 aliphatic carbocycles. The molecule has 8 nitrogen and oxygen atoms in total. The second kappa shape index (κ2) is 6.91. The van der Waals surface area contributed by atoms with Crippen molar-refractivity contribution in [3.8, 4) is 5.82 Å². The molecule has 3 rings (SSSR count). The highest BCUT2D eigenvalue weighted by molar-refractivity contribution is 6.06. The van der Waals surface area contributed by atoms with Gasteiger partial charge in [-0.25, -0.2) is 4.79 Å². The molecule has 0 bridgehead atoms. The van der Waals surface area contributed by atoms with Crippen LogP contribution in [-0.4, -0.2) is 33.3 Å². The zero-order valence-electron chi connectivity index (χ0n) is 13.9. The molecule has 0 radical (unpaired) electrons. The number of urea groups is 1. The fourth-order valence-electron chi connectivity index (χ4n) is 2.40. The van der Waals surface area contributed by atoms with Crippen LogP contribution in [-0.2, 0) is 7.05 Å². The quantitative estimate of drug-likeness (QED) is 0.681. The van der Waals surface area contributed by atoms with Gasteiger partial charge in [0.1, 0.15) is 11.4 Å². The van der Waals surface area contributed by atoms with Crippen molar-refractivity contribution in [2.75, 3.05) is 17.7 Å². The second-order valence-corrected chi connectivity index (χ2v) is 5.33. The van der Waals surface area contributed by atoms with Gasteiger partial charge in [0.15, 0.2) is 0 Å². The third-order valence-corrected chi connectivity index (χ3v) is 3.63. The average Bonchev–Trinajstić information content (AvgIpc) is 3.25. The standard InChI is InChI=1S/C17H18N6O2/c1-18-17(25)21-13-7-5-12(6-8-13)20-15(24)14-11-19-22(2)16(14)23-9-3-4-10-23/h3-11H,1-2H3,(H,20,24)(H2,18,21,25). The number of nitrogens with zero attached hydrogens (tertiary/aromatic N) is 3. The number of nitrogens with one attached hydrogen (secondary N) is 3. The molecule has 0 fully saturated rings. The molecule has 0 aliphatic heterocycles. The largest absolute Gasteiger partial charge is 0.341 e. The van der Waals surface area contributed by atoms with E-state index in [1.807, 2.05) is 29.1 Å². The first-order valence-corrected chi connectivity index (χ1v) is 7.64. The molecule has 0 atom stereocenters. The van der Waals surface area contributed by atoms with Crippen LogP contribution in [0.3, 0.4) is 0 Å². The predicted octanol–water partition coefficient (Wildman–Crippen LogP) is 2.21. The van der Waals surface area contributed by atoms with Gasteiger partial charge in [-0.15, -0.1) is 0 Å². The molecule has 25 heavy (non-hydrogen) atoms. The average molecular weight is 338 g/mol. The summed E-state index contributed by atoms with van der Waals surface area (Å²) in [6, 6.07) is 10.3. The van der Waals surface area contributed by atoms with E-state index in [9.17, 15) is 9.59 Å². The van der Waals surface area contributed by atoms with Crippen LogP contribution in [0.4, 0.5) is 16.2 Å². The molecule has 8 heteroatoms. The van der Waals surface area contributed by atoms with Gasteiger partial charge in [0.2, 0.25) is 0 Å². The predicted molar refractivity (Wildman–Crippen MR) is 95.0 cm³/mol. The molecule has 128 valence electrons. The third kappa shape index (κ3) is 3.52. The van der Waals surface area contributed by atoms with Gasteiger partial charge in [0.05, 0.1) is 6.20 Å². The molecule has 2 heterocycles. The monoisotopic (exact) mass is 338 g/mol. The van der Waals surface area contributed by atoms with Crippen LogP contribution in [0.5, 0.6) is 0 Å². The van der Waals surface area contributed by atoms with E-state index in [2.05, 4.69) is 21.0 Å². The highest BCUT2D eigenvalue weighted by Crippen LogP contribution is 2.18. The Morgan fingerprint density at radius 1 is 1.00 bits per heavy atom. The van der Waals surface area contributed by atoms with Gasteiger partial charge in [-0.05, 0) is 36.4 Å². The van der Waals surface area contributed by atoms with Gasteiger partial charge in [-0.1, -0.05) is 0 Å². The molecule has 3 amide bonds. The van der Waals surface area contributed by atoms with Crippen molar-refractivity contribution in [1.82, 2.24) is 19.7 Å². The Morgan fingerprint density at radius 2 is 1.60 bits per heavy atom. The summed E-state index contributed by atoms with van der Waals surface area (Å²) in [6.07, 6.45) is 5.24. The first-order valence-electron chi connectivity index (χ1n) is 7.64. The van der Waals surface area contributed by atoms with E-state index in [1.54, 1.807) is 43.0 Å². The summed E-state index contributed by atoms with van der Waals surface area (Å²) >= 11 is 0. The minimum atomic E-state index is -0.302. The van der Waals surface area contributed by atoms with Crippen molar-refractivity contribution in [3.05, 3.63) is 60.6 Å². The fourth-order valence-corrected chi connectivity index (χ4v) is 2.40. The molecule has 0 saturated heterocycles. The van der Waals surface area contributed by atoms with Crippen molar-refractivity contribution in [1.29, 1.82) is 0 Å². The van der Waals surface area contributed by atoms with Gasteiger partial charge in [0, 0.05) is 37.9 Å². The van der Waals surface area contributed by atoms with Crippen molar-refractivity contribution in [3.63, 3.8) is 0 Å². The van der Waals surface area contributed by atoms with E-state index in [1.165, 1.54) is 6.20 Å². The molecule has 0 unspecified atom stereocenters. The summed E-state index contributed by atoms with van der Waals surface area (Å²) in [5, 5.41) is 12.1. The summed E-state index contributed by atoms with van der Waals surface area (Å²) in [6.45, 7) is 0. The van der Waals surface area contributed by atoms with Gasteiger partial charge in [0.25, 0.3) is 5.91 Å². The molecule has 3 aromatic rings. The summed E-state index contributed by atoms with van der Waals surface area (Å²) in [7, 11) is 3.32. The fraction of sp³-hybridized carbons (Fsp3) is 0.118. The Kier molecular flexibility index (Phi) is 4.51. The number of hydrogen-bond acceptors (Lipinski definition) is 3. The minimum absolute atomic E-state index is 0.260. The number of aromatic nitrogens is 3. The Labute approximate surface area is 144 Å². The summed E-state index contributed by atoms with van der Waals surface area (Å²) in [4.78, 5) is 23.9. The maximum Gasteiger partial charge on any atom is 0.318 e. The Balaban J connectivity index is 1.76. The smallest absolute Gasteiger partial charge is 0.318 e. The molecule has 3 N–H and O–H groups in total. The Morgan fingerprint density at radius 3 is 2.20 bits per heavy atom. The Bertz CT molecular complexity index is 881. The number of amides is 3. The maximum absolute atomic E-state index is 12.6. The number of hydrogen-bond donors (Lipinski definition) is 3. The zero-order chi connectivity index (χ0) is 17.8. The van der Waals surface area contributed by atoms with E-state index < -0.39 is 0 Å². The summed E-state index contributed by atoms with van der Waals surface area (Å²) < 4.78 is 3.48. The number of benzene rings is 1. The lowest BCUT2D eigenvalue weighted by atomic mass is 10.2. The highest BCUT2D eigenvalue weighted by Gasteiger charge is 2.17. The normalized spacial score (nSPS) is 10.3. The summed E-state index contributed by atoms with van der Waals surface area (Å²) in [5.41, 5.74) is 1.72. The number of aryl methyl sites for hydroxylation is 1. The molecule has 1 aromatic carbocycles. The lowest BCUT2D eigenvalue weighted by Crippen LogP contribution is -2.24. The number of anilines is 2. The minimum Gasteiger partial charge on any atom is -0.341 e. The van der Waals surface area contributed by atoms with Crippen LogP contribution in [0.25, 0.3) is 5.82 Å². The maximum atomic E-state index is 12.6. The Hall–Kier alpha value is -3.55. The summed E-state index contributed by atoms with van der Waals surface area (Å²) in [5.74, 6) is 0.421. The van der Waals surface area contributed by atoms with Crippen LogP contribution in [0, 0.1) is 0 Å². The second-order valence-electron chi connectivity index (χ2n) is 5.33. The van der Waals surface area contributed by atoms with Crippen LogP contribution >= 0.6 is 0 Å². The number of carbonyl (C=O) groups is 2. The van der Waals surface area contributed by atoms with Crippen molar-refractivity contribution in [2.45, 2.75) is 0 Å². The van der Waals surface area contributed by atoms with Gasteiger partial charge in [-0.2, -0.15) is 5.10 Å². The van der Waals surface area contributed by atoms with Crippen LogP contribution < -0.4 is 16.0 Å². The van der Waals surface area contributed by atoms with Crippen LogP contribution in [0.2, 0.25) is 0 Å². The lowest BCUT2D eigenvalue weighted by molar-refractivity contribution is 0.102. The molecule has 0 aliphatic rings. The van der Waals surface area contributed by atoms with E-state index in [0.29, 0.717) is 22.8 Å². The highest BCUT2D eigenvalue weighted by atomic mass is 16.2. The van der Waals surface area contributed by atoms with E-state index in [-0.39, 0.29) is 11.9 Å². The SMILES string of the molecule is CNC(=O)Nc1ccc(NC(=O)c2cnn(C)c2-n2cccc2)cc1. The van der Waals surface area contributed by atoms with Crippen LogP contribution in [0.1, 0.15) is 10.4 Å². The first-order chi connectivity index (χ1) is 12.1. The van der Waals surface area contributed by atoms with E-state index >= 15 is 0 Å². The van der Waals surface area contributed by atoms with E-state index in [4.69, 9.17) is 0 Å². The molecule has 2 aromatic heterocycles. The molecule has 0 spiro atoms. The van der Waals surface area contributed by atoms with Gasteiger partial charge >= 0.3 is 6.03 Å². The molecular weight excluding hydrogens is 320 g/mol. The lowest BCUT2D eigenvalue weighted by Gasteiger charge is -2.09. The van der Waals surface area contributed by atoms with Gasteiger partial charge in [-0.3, -0.25) is 9.48 Å². The van der Waals surface area contributed by atoms with Crippen molar-refractivity contribution < 1.29 is 9.59 Å². The number of rotatable bonds is 4. The third-order valence-electron chi connectivity index (χ3n) is 3.63. The van der Waals surface area contributed by atoms with Gasteiger partial charge < -0.3 is 20.5 Å². The topological polar surface area (TPSA) is 93.0 Å². The van der Waals surface area contributed by atoms with Crippen molar-refractivity contribution in [2.24, 2.45) is 7.05 Å². The zero-order valence-corrected chi connectivity index (χ0v) is 13.9.